The van der Waals surface area contributed by atoms with Crippen molar-refractivity contribution >= 4 is 10.4 Å². The molecular weight excluding hydrogens is 208 g/mol. The second kappa shape index (κ2) is 11.2. The van der Waals surface area contributed by atoms with Crippen LogP contribution in [0.4, 0.5) is 0 Å². The van der Waals surface area contributed by atoms with Crippen molar-refractivity contribution in [2.45, 2.75) is 12.8 Å². The standard InChI is InChI=1S/C8H15N5.H5NSi/c9-4-7-10-5-1-2-8-3-6-11-13-12-8;1-2/h3,6,10H,1-2,4-5,7,9H2;1H2,2H3. The van der Waals surface area contributed by atoms with Gasteiger partial charge in [-0.25, -0.2) is 0 Å². The van der Waals surface area contributed by atoms with Crippen LogP contribution in [0.25, 0.3) is 0 Å². The zero-order chi connectivity index (χ0) is 11.4. The predicted molar refractivity (Wildman–Crippen MR) is 64.2 cm³/mol. The van der Waals surface area contributed by atoms with Crippen molar-refractivity contribution in [1.82, 2.24) is 20.7 Å². The van der Waals surface area contributed by atoms with Crippen molar-refractivity contribution in [3.63, 3.8) is 0 Å². The average Bonchev–Trinajstić information content (AvgIpc) is 2.33. The molecule has 7 heteroatoms. The van der Waals surface area contributed by atoms with Gasteiger partial charge >= 0.3 is 0 Å². The molecule has 0 unspecified atom stereocenters. The van der Waals surface area contributed by atoms with Crippen molar-refractivity contribution in [1.29, 1.82) is 0 Å². The van der Waals surface area contributed by atoms with E-state index in [0.717, 1.165) is 42.0 Å². The number of nitrogens with two attached hydrogens (primary N) is 2. The Hall–Kier alpha value is -0.893. The summed E-state index contributed by atoms with van der Waals surface area (Å²) in [7, 11) is 0.806. The lowest BCUT2D eigenvalue weighted by Crippen LogP contribution is -2.23. The zero-order valence-electron chi connectivity index (χ0n) is 9.19. The summed E-state index contributed by atoms with van der Waals surface area (Å²) in [5.41, 5.74) is 6.32. The highest BCUT2D eigenvalue weighted by atomic mass is 28.2. The van der Waals surface area contributed by atoms with E-state index in [1.165, 1.54) is 0 Å². The molecule has 1 aromatic heterocycles. The molecule has 86 valence electrons. The van der Waals surface area contributed by atoms with Gasteiger partial charge in [0.1, 0.15) is 0 Å². The van der Waals surface area contributed by atoms with Crippen LogP contribution in [0.5, 0.6) is 0 Å². The van der Waals surface area contributed by atoms with E-state index in [9.17, 15) is 0 Å². The van der Waals surface area contributed by atoms with E-state index in [0.29, 0.717) is 6.54 Å². The highest BCUT2D eigenvalue weighted by Crippen LogP contribution is 1.93. The van der Waals surface area contributed by atoms with Gasteiger partial charge in [0.15, 0.2) is 0 Å². The molecule has 1 heterocycles. The van der Waals surface area contributed by atoms with Gasteiger partial charge in [0.2, 0.25) is 0 Å². The van der Waals surface area contributed by atoms with Crippen LogP contribution in [0.1, 0.15) is 12.1 Å². The molecule has 0 radical (unpaired) electrons. The molecule has 0 aromatic carbocycles. The van der Waals surface area contributed by atoms with E-state index < -0.39 is 0 Å². The fourth-order valence-electron chi connectivity index (χ4n) is 1.02. The van der Waals surface area contributed by atoms with E-state index in [1.54, 1.807) is 6.20 Å². The fraction of sp³-hybridized carbons (Fsp3) is 0.625. The zero-order valence-corrected chi connectivity index (χ0v) is 11.2. The minimum absolute atomic E-state index is 0.690. The summed E-state index contributed by atoms with van der Waals surface area (Å²) in [6.45, 7) is 2.54. The van der Waals surface area contributed by atoms with Gasteiger partial charge in [-0.2, -0.15) is 0 Å². The van der Waals surface area contributed by atoms with Crippen LogP contribution < -0.4 is 16.4 Å². The van der Waals surface area contributed by atoms with Gasteiger partial charge in [-0.15, -0.1) is 10.2 Å². The summed E-state index contributed by atoms with van der Waals surface area (Å²) >= 11 is 0. The van der Waals surface area contributed by atoms with Crippen molar-refractivity contribution in [2.24, 2.45) is 11.1 Å². The third-order valence-corrected chi connectivity index (χ3v) is 1.67. The largest absolute Gasteiger partial charge is 0.358 e. The van der Waals surface area contributed by atoms with Crippen LogP contribution in [-0.2, 0) is 6.42 Å². The first kappa shape index (κ1) is 14.1. The van der Waals surface area contributed by atoms with E-state index >= 15 is 0 Å². The summed E-state index contributed by atoms with van der Waals surface area (Å²) < 4.78 is 0. The first-order valence-electron chi connectivity index (χ1n) is 5.05. The van der Waals surface area contributed by atoms with Gasteiger partial charge < -0.3 is 16.4 Å². The quantitative estimate of drug-likeness (QED) is 0.370. The molecule has 15 heavy (non-hydrogen) atoms. The Morgan fingerprint density at radius 3 is 2.73 bits per heavy atom. The first-order chi connectivity index (χ1) is 7.43. The molecule has 0 saturated heterocycles. The molecule has 6 nitrogen and oxygen atoms in total. The Morgan fingerprint density at radius 2 is 2.13 bits per heavy atom. The number of hydrogen-bond donors (Lipinski definition) is 3. The van der Waals surface area contributed by atoms with Crippen molar-refractivity contribution < 1.29 is 0 Å². The third kappa shape index (κ3) is 8.12. The van der Waals surface area contributed by atoms with E-state index in [-0.39, 0.29) is 0 Å². The molecule has 1 aromatic rings. The summed E-state index contributed by atoms with van der Waals surface area (Å²) in [5.74, 6) is 0. The monoisotopic (exact) mass is 228 g/mol. The van der Waals surface area contributed by atoms with Crippen LogP contribution in [-0.4, -0.2) is 45.4 Å². The van der Waals surface area contributed by atoms with Gasteiger partial charge in [0.05, 0.1) is 22.3 Å². The Bertz CT molecular complexity index is 220. The molecule has 0 fully saturated rings. The maximum atomic E-state index is 5.33. The molecule has 0 amide bonds. The second-order valence-electron chi connectivity index (χ2n) is 2.75. The van der Waals surface area contributed by atoms with Gasteiger partial charge in [-0.1, -0.05) is 0 Å². The van der Waals surface area contributed by atoms with Crippen LogP contribution in [0.3, 0.4) is 0 Å². The maximum Gasteiger partial charge on any atom is 0.0716 e. The summed E-state index contributed by atoms with van der Waals surface area (Å²) in [4.78, 5) is 0. The molecule has 0 aliphatic carbocycles. The van der Waals surface area contributed by atoms with Gasteiger partial charge in [-0.3, -0.25) is 0 Å². The van der Waals surface area contributed by atoms with Crippen LogP contribution in [0.2, 0.25) is 0 Å². The van der Waals surface area contributed by atoms with E-state index in [2.05, 4.69) is 26.1 Å². The number of hydrogen-bond acceptors (Lipinski definition) is 6. The minimum atomic E-state index is 0.690. The topological polar surface area (TPSA) is 103 Å². The van der Waals surface area contributed by atoms with Gasteiger partial charge in [-0.05, 0) is 30.7 Å². The Morgan fingerprint density at radius 1 is 1.33 bits per heavy atom. The minimum Gasteiger partial charge on any atom is -0.358 e. The molecule has 0 aliphatic rings. The fourth-order valence-corrected chi connectivity index (χ4v) is 1.02. The van der Waals surface area contributed by atoms with Crippen LogP contribution in [0.15, 0.2) is 12.3 Å². The molecule has 0 spiro atoms. The van der Waals surface area contributed by atoms with Gasteiger partial charge in [0.25, 0.3) is 0 Å². The number of aryl methyl sites for hydroxylation is 1. The SMILES string of the molecule is NCCNCCCc1ccnnn1.N[SiH3]. The summed E-state index contributed by atoms with van der Waals surface area (Å²) in [6, 6.07) is 1.88. The smallest absolute Gasteiger partial charge is 0.0716 e. The Labute approximate surface area is 93.3 Å². The van der Waals surface area contributed by atoms with Crippen molar-refractivity contribution in [3.05, 3.63) is 18.0 Å². The molecule has 5 N–H and O–H groups in total. The van der Waals surface area contributed by atoms with Crippen LogP contribution in [0, 0.1) is 0 Å². The number of nitrogens with one attached hydrogen (secondary N) is 1. The lowest BCUT2D eigenvalue weighted by atomic mass is 10.2. The molecule has 0 atom stereocenters. The Kier molecular flexibility index (Phi) is 10.5. The average molecular weight is 228 g/mol. The van der Waals surface area contributed by atoms with E-state index in [4.69, 9.17) is 5.73 Å². The maximum absolute atomic E-state index is 5.33. The highest BCUT2D eigenvalue weighted by Gasteiger charge is 1.93. The van der Waals surface area contributed by atoms with E-state index in [1.807, 2.05) is 6.07 Å². The molecule has 0 aliphatic heterocycles. The predicted octanol–water partition coefficient (Wildman–Crippen LogP) is -2.42. The Balaban J connectivity index is 0.000000921. The molecule has 0 bridgehead atoms. The number of aromatic nitrogens is 3. The lowest BCUT2D eigenvalue weighted by molar-refractivity contribution is 0.642. The molecule has 0 saturated carbocycles. The lowest BCUT2D eigenvalue weighted by Gasteiger charge is -2.01. The summed E-state index contributed by atoms with van der Waals surface area (Å²) in [5, 5.41) is 18.9. The third-order valence-electron chi connectivity index (χ3n) is 1.67. The number of rotatable bonds is 6. The first-order valence-corrected chi connectivity index (χ1v) is 6.20. The van der Waals surface area contributed by atoms with Crippen molar-refractivity contribution in [3.8, 4) is 0 Å². The van der Waals surface area contributed by atoms with Gasteiger partial charge in [0, 0.05) is 13.1 Å². The highest BCUT2D eigenvalue weighted by molar-refractivity contribution is 6.02. The normalized spacial score (nSPS) is 9.47. The number of nitrogens with zero attached hydrogens (tertiary/aromatic N) is 3. The molecular formula is C8H20N6Si. The summed E-state index contributed by atoms with van der Waals surface area (Å²) in [6.07, 6.45) is 3.65. The second-order valence-corrected chi connectivity index (χ2v) is 2.75. The van der Waals surface area contributed by atoms with Crippen LogP contribution >= 0.6 is 0 Å². The van der Waals surface area contributed by atoms with Crippen molar-refractivity contribution in [2.75, 3.05) is 19.6 Å². The molecule has 1 rings (SSSR count).